The van der Waals surface area contributed by atoms with Crippen molar-refractivity contribution in [3.8, 4) is 5.75 Å². The average Bonchev–Trinajstić information content (AvgIpc) is 2.38. The molecular weight excluding hydrogens is 246 g/mol. The minimum atomic E-state index is 0.269. The minimum absolute atomic E-state index is 0.269. The fourth-order valence-electron chi connectivity index (χ4n) is 3.54. The van der Waals surface area contributed by atoms with E-state index in [1.807, 2.05) is 0 Å². The molecule has 1 aliphatic rings. The first kappa shape index (κ1) is 15.4. The Morgan fingerprint density at radius 1 is 1.15 bits per heavy atom. The molecule has 20 heavy (non-hydrogen) atoms. The van der Waals surface area contributed by atoms with Gasteiger partial charge in [-0.3, -0.25) is 0 Å². The van der Waals surface area contributed by atoms with Crippen molar-refractivity contribution < 1.29 is 4.74 Å². The molecule has 112 valence electrons. The van der Waals surface area contributed by atoms with Gasteiger partial charge in [0, 0.05) is 5.54 Å². The summed E-state index contributed by atoms with van der Waals surface area (Å²) in [5, 5.41) is 3.83. The van der Waals surface area contributed by atoms with Gasteiger partial charge in [0.25, 0.3) is 0 Å². The molecule has 0 aromatic heterocycles. The SMILES string of the molecule is COc1ccc(CC2(CC(C)(C)C)CCCCN2)cc1. The molecule has 1 unspecified atom stereocenters. The van der Waals surface area contributed by atoms with Crippen LogP contribution in [0.3, 0.4) is 0 Å². The topological polar surface area (TPSA) is 21.3 Å². The van der Waals surface area contributed by atoms with Gasteiger partial charge < -0.3 is 10.1 Å². The highest BCUT2D eigenvalue weighted by Crippen LogP contribution is 2.35. The van der Waals surface area contributed by atoms with Crippen molar-refractivity contribution in [2.24, 2.45) is 5.41 Å². The summed E-state index contributed by atoms with van der Waals surface area (Å²) in [6, 6.07) is 8.56. The molecule has 0 aliphatic carbocycles. The van der Waals surface area contributed by atoms with E-state index in [2.05, 4.69) is 50.4 Å². The summed E-state index contributed by atoms with van der Waals surface area (Å²) < 4.78 is 5.25. The summed E-state index contributed by atoms with van der Waals surface area (Å²) in [7, 11) is 1.72. The second-order valence-electron chi connectivity index (χ2n) is 7.43. The maximum absolute atomic E-state index is 5.25. The van der Waals surface area contributed by atoms with Crippen LogP contribution in [0.15, 0.2) is 24.3 Å². The van der Waals surface area contributed by atoms with E-state index >= 15 is 0 Å². The second kappa shape index (κ2) is 6.17. The molecule has 0 saturated carbocycles. The molecule has 2 heteroatoms. The van der Waals surface area contributed by atoms with Gasteiger partial charge in [0.15, 0.2) is 0 Å². The van der Waals surface area contributed by atoms with Gasteiger partial charge in [-0.1, -0.05) is 39.3 Å². The Kier molecular flexibility index (Phi) is 4.74. The summed E-state index contributed by atoms with van der Waals surface area (Å²) in [5.41, 5.74) is 2.03. The lowest BCUT2D eigenvalue weighted by Crippen LogP contribution is -2.52. The van der Waals surface area contributed by atoms with Crippen LogP contribution in [-0.4, -0.2) is 19.2 Å². The predicted octanol–water partition coefficient (Wildman–Crippen LogP) is 4.19. The summed E-state index contributed by atoms with van der Waals surface area (Å²) in [4.78, 5) is 0. The fourth-order valence-corrected chi connectivity index (χ4v) is 3.54. The molecule has 0 spiro atoms. The number of hydrogen-bond acceptors (Lipinski definition) is 2. The molecule has 0 radical (unpaired) electrons. The first-order valence-electron chi connectivity index (χ1n) is 7.81. The monoisotopic (exact) mass is 275 g/mol. The molecule has 1 aliphatic heterocycles. The first-order valence-corrected chi connectivity index (χ1v) is 7.81. The highest BCUT2D eigenvalue weighted by Gasteiger charge is 2.35. The first-order chi connectivity index (χ1) is 9.42. The van der Waals surface area contributed by atoms with Crippen LogP contribution < -0.4 is 10.1 Å². The second-order valence-corrected chi connectivity index (χ2v) is 7.43. The van der Waals surface area contributed by atoms with Crippen molar-refractivity contribution >= 4 is 0 Å². The molecule has 1 saturated heterocycles. The van der Waals surface area contributed by atoms with Crippen molar-refractivity contribution in [2.45, 2.75) is 58.4 Å². The maximum Gasteiger partial charge on any atom is 0.118 e. The highest BCUT2D eigenvalue weighted by atomic mass is 16.5. The van der Waals surface area contributed by atoms with Gasteiger partial charge in [0.2, 0.25) is 0 Å². The zero-order valence-corrected chi connectivity index (χ0v) is 13.5. The third-order valence-electron chi connectivity index (χ3n) is 4.15. The maximum atomic E-state index is 5.25. The van der Waals surface area contributed by atoms with E-state index in [1.165, 1.54) is 31.2 Å². The Morgan fingerprint density at radius 3 is 2.35 bits per heavy atom. The van der Waals surface area contributed by atoms with Crippen molar-refractivity contribution in [1.29, 1.82) is 0 Å². The Hall–Kier alpha value is -1.02. The van der Waals surface area contributed by atoms with E-state index in [0.717, 1.165) is 18.7 Å². The van der Waals surface area contributed by atoms with Crippen molar-refractivity contribution in [2.75, 3.05) is 13.7 Å². The molecule has 2 rings (SSSR count). The number of nitrogens with one attached hydrogen (secondary N) is 1. The molecule has 0 amide bonds. The summed E-state index contributed by atoms with van der Waals surface area (Å²) >= 11 is 0. The van der Waals surface area contributed by atoms with Crippen LogP contribution in [0.4, 0.5) is 0 Å². The van der Waals surface area contributed by atoms with Crippen LogP contribution in [0.5, 0.6) is 5.75 Å². The third-order valence-corrected chi connectivity index (χ3v) is 4.15. The van der Waals surface area contributed by atoms with Crippen LogP contribution >= 0.6 is 0 Å². The van der Waals surface area contributed by atoms with Crippen LogP contribution in [-0.2, 0) is 6.42 Å². The number of benzene rings is 1. The zero-order valence-electron chi connectivity index (χ0n) is 13.5. The summed E-state index contributed by atoms with van der Waals surface area (Å²) in [6.07, 6.45) is 6.30. The molecule has 2 nitrogen and oxygen atoms in total. The molecule has 1 N–H and O–H groups in total. The normalized spacial score (nSPS) is 23.6. The standard InChI is InChI=1S/C18H29NO/c1-17(2,3)14-18(11-5-6-12-19-18)13-15-7-9-16(20-4)10-8-15/h7-10,19H,5-6,11-14H2,1-4H3. The van der Waals surface area contributed by atoms with Gasteiger partial charge >= 0.3 is 0 Å². The van der Waals surface area contributed by atoms with Crippen LogP contribution in [0.1, 0.15) is 52.0 Å². The van der Waals surface area contributed by atoms with E-state index in [-0.39, 0.29) is 5.54 Å². The number of ether oxygens (including phenoxy) is 1. The molecule has 0 bridgehead atoms. The lowest BCUT2D eigenvalue weighted by atomic mass is 9.72. The van der Waals surface area contributed by atoms with Gasteiger partial charge in [0.1, 0.15) is 5.75 Å². The molecule has 1 aromatic rings. The van der Waals surface area contributed by atoms with Crippen LogP contribution in [0.2, 0.25) is 0 Å². The molecule has 1 aromatic carbocycles. The van der Waals surface area contributed by atoms with E-state index in [1.54, 1.807) is 7.11 Å². The van der Waals surface area contributed by atoms with Gasteiger partial charge in [0.05, 0.1) is 7.11 Å². The predicted molar refractivity (Wildman–Crippen MR) is 85.4 cm³/mol. The smallest absolute Gasteiger partial charge is 0.118 e. The fraction of sp³-hybridized carbons (Fsp3) is 0.667. The Morgan fingerprint density at radius 2 is 1.85 bits per heavy atom. The number of piperidine rings is 1. The van der Waals surface area contributed by atoms with Crippen molar-refractivity contribution in [3.63, 3.8) is 0 Å². The van der Waals surface area contributed by atoms with E-state index in [4.69, 9.17) is 4.74 Å². The zero-order chi connectivity index (χ0) is 14.6. The summed E-state index contributed by atoms with van der Waals surface area (Å²) in [5.74, 6) is 0.940. The molecular formula is C18H29NO. The van der Waals surface area contributed by atoms with Crippen molar-refractivity contribution in [1.82, 2.24) is 5.32 Å². The Bertz CT molecular complexity index is 410. The average molecular weight is 275 g/mol. The van der Waals surface area contributed by atoms with Crippen LogP contribution in [0, 0.1) is 5.41 Å². The molecule has 1 fully saturated rings. The lowest BCUT2D eigenvalue weighted by molar-refractivity contribution is 0.168. The largest absolute Gasteiger partial charge is 0.497 e. The number of hydrogen-bond donors (Lipinski definition) is 1. The van der Waals surface area contributed by atoms with Gasteiger partial charge in [-0.05, 0) is 55.3 Å². The van der Waals surface area contributed by atoms with E-state index in [0.29, 0.717) is 5.41 Å². The van der Waals surface area contributed by atoms with Crippen molar-refractivity contribution in [3.05, 3.63) is 29.8 Å². The van der Waals surface area contributed by atoms with Gasteiger partial charge in [-0.25, -0.2) is 0 Å². The molecule has 1 atom stereocenters. The van der Waals surface area contributed by atoms with Crippen LogP contribution in [0.25, 0.3) is 0 Å². The Labute approximate surface area is 123 Å². The lowest BCUT2D eigenvalue weighted by Gasteiger charge is -2.43. The van der Waals surface area contributed by atoms with E-state index < -0.39 is 0 Å². The highest BCUT2D eigenvalue weighted by molar-refractivity contribution is 5.28. The quantitative estimate of drug-likeness (QED) is 0.889. The number of methoxy groups -OCH3 is 1. The minimum Gasteiger partial charge on any atom is -0.497 e. The van der Waals surface area contributed by atoms with E-state index in [9.17, 15) is 0 Å². The van der Waals surface area contributed by atoms with Gasteiger partial charge in [-0.2, -0.15) is 0 Å². The summed E-state index contributed by atoms with van der Waals surface area (Å²) in [6.45, 7) is 8.20. The van der Waals surface area contributed by atoms with Gasteiger partial charge in [-0.15, -0.1) is 0 Å². The Balaban J connectivity index is 2.14. The number of rotatable bonds is 4. The third kappa shape index (κ3) is 4.24. The molecule has 1 heterocycles.